The zero-order chi connectivity index (χ0) is 33.0. The highest BCUT2D eigenvalue weighted by Gasteiger charge is 2.20. The van der Waals surface area contributed by atoms with Gasteiger partial charge >= 0.3 is 0 Å². The molecule has 3 aromatic heterocycles. The molecule has 0 unspecified atom stereocenters. The molecule has 0 radical (unpaired) electrons. The third-order valence-corrected chi connectivity index (χ3v) is 9.57. The SMILES string of the molecule is c1ccc(-c2nc(-c3ccc4c5ccccc5n(-c5ccccc5)c4c3)nc(-c3cccc4c3c3ccccc3n4-c3ccccc3)n2)cc1. The van der Waals surface area contributed by atoms with Crippen molar-refractivity contribution >= 4 is 43.6 Å². The normalized spacial score (nSPS) is 11.6. The van der Waals surface area contributed by atoms with Gasteiger partial charge in [0.25, 0.3) is 0 Å². The Labute approximate surface area is 288 Å². The lowest BCUT2D eigenvalue weighted by molar-refractivity contribution is 1.08. The standard InChI is InChI=1S/C45H29N5/c1-4-15-30(16-5-1)43-46-44(31-27-28-35-34-21-10-12-24-38(34)50(41(35)29-31)33-19-8-3-9-20-33)48-45(47-43)37-23-14-26-40-42(37)36-22-11-13-25-39(36)49(40)32-17-6-2-7-18-32/h1-29H. The molecule has 0 saturated carbocycles. The summed E-state index contributed by atoms with van der Waals surface area (Å²) in [5, 5.41) is 4.66. The van der Waals surface area contributed by atoms with Gasteiger partial charge in [-0.05, 0) is 48.5 Å². The summed E-state index contributed by atoms with van der Waals surface area (Å²) in [6.45, 7) is 0. The topological polar surface area (TPSA) is 48.5 Å². The lowest BCUT2D eigenvalue weighted by Gasteiger charge is -2.11. The largest absolute Gasteiger partial charge is 0.309 e. The predicted molar refractivity (Wildman–Crippen MR) is 205 cm³/mol. The maximum absolute atomic E-state index is 5.26. The van der Waals surface area contributed by atoms with Crippen molar-refractivity contribution in [3.8, 4) is 45.5 Å². The van der Waals surface area contributed by atoms with Crippen LogP contribution in [-0.2, 0) is 0 Å². The minimum atomic E-state index is 0.629. The summed E-state index contributed by atoms with van der Waals surface area (Å²) < 4.78 is 4.65. The summed E-state index contributed by atoms with van der Waals surface area (Å²) in [7, 11) is 0. The first-order valence-electron chi connectivity index (χ1n) is 16.8. The number of nitrogens with zero attached hydrogens (tertiary/aromatic N) is 5. The lowest BCUT2D eigenvalue weighted by atomic mass is 10.1. The van der Waals surface area contributed by atoms with Crippen LogP contribution in [0.2, 0.25) is 0 Å². The monoisotopic (exact) mass is 639 g/mol. The van der Waals surface area contributed by atoms with E-state index in [1.807, 2.05) is 18.2 Å². The first-order valence-corrected chi connectivity index (χ1v) is 16.8. The second kappa shape index (κ2) is 11.4. The summed E-state index contributed by atoms with van der Waals surface area (Å²) >= 11 is 0. The van der Waals surface area contributed by atoms with E-state index in [1.165, 1.54) is 10.8 Å². The van der Waals surface area contributed by atoms with Gasteiger partial charge < -0.3 is 9.13 Å². The minimum absolute atomic E-state index is 0.629. The van der Waals surface area contributed by atoms with Gasteiger partial charge in [0.05, 0.1) is 22.1 Å². The van der Waals surface area contributed by atoms with Gasteiger partial charge in [0, 0.05) is 49.6 Å². The maximum atomic E-state index is 5.26. The minimum Gasteiger partial charge on any atom is -0.309 e. The number of rotatable bonds is 5. The highest BCUT2D eigenvalue weighted by Crippen LogP contribution is 2.39. The Bertz CT molecular complexity index is 2850. The molecule has 234 valence electrons. The number of hydrogen-bond acceptors (Lipinski definition) is 3. The number of aromatic nitrogens is 5. The van der Waals surface area contributed by atoms with Gasteiger partial charge in [-0.1, -0.05) is 127 Å². The Morgan fingerprint density at radius 3 is 1.52 bits per heavy atom. The predicted octanol–water partition coefficient (Wildman–Crippen LogP) is 11.1. The molecule has 0 aliphatic rings. The average molecular weight is 640 g/mol. The van der Waals surface area contributed by atoms with E-state index in [0.29, 0.717) is 17.5 Å². The Hall–Kier alpha value is -6.85. The van der Waals surface area contributed by atoms with Crippen molar-refractivity contribution in [3.63, 3.8) is 0 Å². The van der Waals surface area contributed by atoms with E-state index in [-0.39, 0.29) is 0 Å². The molecule has 0 bridgehead atoms. The average Bonchev–Trinajstić information content (AvgIpc) is 3.71. The summed E-state index contributed by atoms with van der Waals surface area (Å²) in [6.07, 6.45) is 0. The van der Waals surface area contributed by atoms with Gasteiger partial charge in [-0.25, -0.2) is 15.0 Å². The van der Waals surface area contributed by atoms with E-state index in [4.69, 9.17) is 15.0 Å². The highest BCUT2D eigenvalue weighted by molar-refractivity contribution is 6.15. The second-order valence-corrected chi connectivity index (χ2v) is 12.5. The van der Waals surface area contributed by atoms with Crippen molar-refractivity contribution in [2.24, 2.45) is 0 Å². The van der Waals surface area contributed by atoms with Crippen molar-refractivity contribution in [2.45, 2.75) is 0 Å². The molecule has 0 aliphatic carbocycles. The molecule has 0 saturated heterocycles. The lowest BCUT2D eigenvalue weighted by Crippen LogP contribution is -2.01. The van der Waals surface area contributed by atoms with Gasteiger partial charge in [0.15, 0.2) is 17.5 Å². The maximum Gasteiger partial charge on any atom is 0.164 e. The van der Waals surface area contributed by atoms with Crippen LogP contribution in [0, 0.1) is 0 Å². The van der Waals surface area contributed by atoms with Gasteiger partial charge in [-0.15, -0.1) is 0 Å². The van der Waals surface area contributed by atoms with E-state index in [2.05, 4.69) is 167 Å². The molecule has 0 spiro atoms. The summed E-state index contributed by atoms with van der Waals surface area (Å²) in [4.78, 5) is 15.5. The zero-order valence-electron chi connectivity index (χ0n) is 27.0. The highest BCUT2D eigenvalue weighted by atomic mass is 15.0. The van der Waals surface area contributed by atoms with Crippen LogP contribution >= 0.6 is 0 Å². The van der Waals surface area contributed by atoms with Crippen molar-refractivity contribution in [3.05, 3.63) is 176 Å². The molecule has 7 aromatic carbocycles. The van der Waals surface area contributed by atoms with Crippen LogP contribution < -0.4 is 0 Å². The molecule has 3 heterocycles. The van der Waals surface area contributed by atoms with Crippen LogP contribution in [0.25, 0.3) is 89.2 Å². The molecule has 50 heavy (non-hydrogen) atoms. The summed E-state index contributed by atoms with van der Waals surface area (Å²) in [6, 6.07) is 61.3. The van der Waals surface area contributed by atoms with E-state index in [0.717, 1.165) is 60.9 Å². The molecule has 5 heteroatoms. The molecular formula is C45H29N5. The van der Waals surface area contributed by atoms with Crippen LogP contribution in [0.4, 0.5) is 0 Å². The molecule has 0 amide bonds. The first kappa shape index (κ1) is 28.2. The second-order valence-electron chi connectivity index (χ2n) is 12.5. The van der Waals surface area contributed by atoms with Crippen LogP contribution in [0.3, 0.4) is 0 Å². The van der Waals surface area contributed by atoms with E-state index < -0.39 is 0 Å². The van der Waals surface area contributed by atoms with Crippen LogP contribution in [0.15, 0.2) is 176 Å². The number of benzene rings is 7. The first-order chi connectivity index (χ1) is 24.8. The Morgan fingerprint density at radius 1 is 0.320 bits per heavy atom. The fraction of sp³-hybridized carbons (Fsp3) is 0. The summed E-state index contributed by atoms with van der Waals surface area (Å²) in [5.41, 5.74) is 9.56. The fourth-order valence-electron chi connectivity index (χ4n) is 7.37. The van der Waals surface area contributed by atoms with E-state index in [1.54, 1.807) is 0 Å². The molecule has 0 fully saturated rings. The smallest absolute Gasteiger partial charge is 0.164 e. The molecule has 0 atom stereocenters. The number of hydrogen-bond donors (Lipinski definition) is 0. The molecule has 10 rings (SSSR count). The van der Waals surface area contributed by atoms with Crippen LogP contribution in [-0.4, -0.2) is 24.1 Å². The molecule has 5 nitrogen and oxygen atoms in total. The van der Waals surface area contributed by atoms with Gasteiger partial charge in [-0.3, -0.25) is 0 Å². The summed E-state index contributed by atoms with van der Waals surface area (Å²) in [5.74, 6) is 1.90. The number of para-hydroxylation sites is 4. The van der Waals surface area contributed by atoms with Crippen LogP contribution in [0.5, 0.6) is 0 Å². The molecular weight excluding hydrogens is 611 g/mol. The van der Waals surface area contributed by atoms with Gasteiger partial charge in [0.1, 0.15) is 0 Å². The van der Waals surface area contributed by atoms with Crippen molar-refractivity contribution in [1.82, 2.24) is 24.1 Å². The third kappa shape index (κ3) is 4.45. The Balaban J connectivity index is 1.24. The Kier molecular flexibility index (Phi) is 6.42. The molecule has 0 aliphatic heterocycles. The van der Waals surface area contributed by atoms with E-state index >= 15 is 0 Å². The van der Waals surface area contributed by atoms with Gasteiger partial charge in [0.2, 0.25) is 0 Å². The molecule has 10 aromatic rings. The van der Waals surface area contributed by atoms with Crippen molar-refractivity contribution in [1.29, 1.82) is 0 Å². The fourth-order valence-corrected chi connectivity index (χ4v) is 7.37. The van der Waals surface area contributed by atoms with Crippen molar-refractivity contribution < 1.29 is 0 Å². The van der Waals surface area contributed by atoms with Gasteiger partial charge in [-0.2, -0.15) is 0 Å². The zero-order valence-corrected chi connectivity index (χ0v) is 27.0. The molecule has 0 N–H and O–H groups in total. The van der Waals surface area contributed by atoms with E-state index in [9.17, 15) is 0 Å². The quantitative estimate of drug-likeness (QED) is 0.188. The Morgan fingerprint density at radius 2 is 0.820 bits per heavy atom. The third-order valence-electron chi connectivity index (χ3n) is 9.57. The number of fused-ring (bicyclic) bond motifs is 6. The van der Waals surface area contributed by atoms with Crippen LogP contribution in [0.1, 0.15) is 0 Å². The van der Waals surface area contributed by atoms with Crippen molar-refractivity contribution in [2.75, 3.05) is 0 Å².